The summed E-state index contributed by atoms with van der Waals surface area (Å²) in [6.45, 7) is 17.1. The number of amides is 1. The van der Waals surface area contributed by atoms with Gasteiger partial charge in [0.05, 0.1) is 13.2 Å². The van der Waals surface area contributed by atoms with E-state index in [0.29, 0.717) is 12.5 Å². The summed E-state index contributed by atoms with van der Waals surface area (Å²) in [5, 5.41) is 0. The van der Waals surface area contributed by atoms with Crippen molar-refractivity contribution in [3.05, 3.63) is 41.0 Å². The average molecular weight is 521 g/mol. The normalized spacial score (nSPS) is 21.2. The highest BCUT2D eigenvalue weighted by atomic mass is 16.5. The van der Waals surface area contributed by atoms with E-state index in [1.165, 1.54) is 29.5 Å². The van der Waals surface area contributed by atoms with Crippen molar-refractivity contribution in [3.8, 4) is 18.1 Å². The summed E-state index contributed by atoms with van der Waals surface area (Å²) in [5.41, 5.74) is 3.62. The number of hydrogen-bond donors (Lipinski definition) is 0. The van der Waals surface area contributed by atoms with Gasteiger partial charge < -0.3 is 9.64 Å². The minimum absolute atomic E-state index is 0.276. The van der Waals surface area contributed by atoms with Crippen LogP contribution >= 0.6 is 0 Å². The summed E-state index contributed by atoms with van der Waals surface area (Å²) in [7, 11) is 0. The van der Waals surface area contributed by atoms with Crippen LogP contribution in [0.25, 0.3) is 0 Å². The van der Waals surface area contributed by atoms with E-state index < -0.39 is 0 Å². The molecule has 4 nitrogen and oxygen atoms in total. The molecule has 2 heterocycles. The molecule has 38 heavy (non-hydrogen) atoms. The summed E-state index contributed by atoms with van der Waals surface area (Å²) >= 11 is 0. The number of carbonyl (C=O) groups is 1. The number of carbonyl (C=O) groups excluding carboxylic acids is 1. The molecule has 2 aliphatic rings. The van der Waals surface area contributed by atoms with Gasteiger partial charge in [0, 0.05) is 37.5 Å². The summed E-state index contributed by atoms with van der Waals surface area (Å²) in [6, 6.07) is 6.99. The van der Waals surface area contributed by atoms with Crippen molar-refractivity contribution in [1.29, 1.82) is 0 Å². The summed E-state index contributed by atoms with van der Waals surface area (Å²) in [4.78, 5) is 18.3. The largest absolute Gasteiger partial charge is 0.493 e. The van der Waals surface area contributed by atoms with Gasteiger partial charge in [0.25, 0.3) is 0 Å². The third kappa shape index (κ3) is 8.37. The average Bonchev–Trinajstić information content (AvgIpc) is 3.51. The van der Waals surface area contributed by atoms with E-state index in [-0.39, 0.29) is 17.4 Å². The second kappa shape index (κ2) is 14.2. The van der Waals surface area contributed by atoms with Crippen molar-refractivity contribution in [2.45, 2.75) is 105 Å². The van der Waals surface area contributed by atoms with E-state index in [1.807, 2.05) is 0 Å². The number of fused-ring (bicyclic) bond motifs is 1. The van der Waals surface area contributed by atoms with Gasteiger partial charge in [0.1, 0.15) is 5.75 Å². The van der Waals surface area contributed by atoms with Crippen LogP contribution in [0.1, 0.15) is 104 Å². The van der Waals surface area contributed by atoms with Gasteiger partial charge in [0.15, 0.2) is 0 Å². The molecular formula is C34H52N2O2. The highest BCUT2D eigenvalue weighted by molar-refractivity contribution is 5.78. The Kier molecular flexibility index (Phi) is 11.3. The molecular weight excluding hydrogens is 468 g/mol. The molecule has 4 atom stereocenters. The standard InChI is InChI=1S/C34H52N2O2/c1-8-11-17-35(18-12-13-27(6)9-2)33(37)25-36-24-30(28-14-15-32-29(20-28)16-19-38-32)21-31(36)23-34(7,10-3)22-26(4)5/h3,14-15,20,22,27,30-31H,8-9,11-13,16-19,21,23-25H2,1-2,4-7H3/t27?,30-,31-,34+/m1/s1. The molecule has 1 aromatic carbocycles. The first-order chi connectivity index (χ1) is 18.2. The van der Waals surface area contributed by atoms with Crippen LogP contribution in [0.4, 0.5) is 0 Å². The zero-order valence-corrected chi connectivity index (χ0v) is 25.0. The monoisotopic (exact) mass is 520 g/mol. The molecule has 4 heteroatoms. The lowest BCUT2D eigenvalue weighted by Gasteiger charge is -2.32. The molecule has 1 amide bonds. The van der Waals surface area contributed by atoms with E-state index >= 15 is 0 Å². The van der Waals surface area contributed by atoms with Gasteiger partial charge in [-0.2, -0.15) is 0 Å². The van der Waals surface area contributed by atoms with Crippen molar-refractivity contribution in [2.24, 2.45) is 11.3 Å². The maximum atomic E-state index is 13.7. The van der Waals surface area contributed by atoms with E-state index in [1.54, 1.807) is 0 Å². The Hall–Kier alpha value is -2.25. The predicted molar refractivity (Wildman–Crippen MR) is 160 cm³/mol. The molecule has 210 valence electrons. The lowest BCUT2D eigenvalue weighted by Crippen LogP contribution is -2.44. The number of terminal acetylenes is 1. The van der Waals surface area contributed by atoms with Crippen molar-refractivity contribution < 1.29 is 9.53 Å². The zero-order chi connectivity index (χ0) is 27.7. The number of hydrogen-bond acceptors (Lipinski definition) is 3. The fourth-order valence-electron chi connectivity index (χ4n) is 6.20. The lowest BCUT2D eigenvalue weighted by molar-refractivity contribution is -0.133. The Morgan fingerprint density at radius 2 is 2.05 bits per heavy atom. The minimum Gasteiger partial charge on any atom is -0.493 e. The first-order valence-corrected chi connectivity index (χ1v) is 15.1. The number of nitrogens with zero attached hydrogens (tertiary/aromatic N) is 2. The first kappa shape index (κ1) is 30.3. The van der Waals surface area contributed by atoms with Crippen LogP contribution in [-0.4, -0.2) is 54.5 Å². The van der Waals surface area contributed by atoms with Gasteiger partial charge >= 0.3 is 0 Å². The Balaban J connectivity index is 1.78. The van der Waals surface area contributed by atoms with Crippen molar-refractivity contribution in [3.63, 3.8) is 0 Å². The van der Waals surface area contributed by atoms with E-state index in [2.05, 4.69) is 81.5 Å². The van der Waals surface area contributed by atoms with Crippen molar-refractivity contribution >= 4 is 5.91 Å². The van der Waals surface area contributed by atoms with E-state index in [0.717, 1.165) is 76.4 Å². The van der Waals surface area contributed by atoms with Gasteiger partial charge in [-0.3, -0.25) is 9.69 Å². The summed E-state index contributed by atoms with van der Waals surface area (Å²) in [6.07, 6.45) is 16.8. The van der Waals surface area contributed by atoms with Crippen LogP contribution < -0.4 is 4.74 Å². The van der Waals surface area contributed by atoms with Gasteiger partial charge in [0.2, 0.25) is 5.91 Å². The quantitative estimate of drug-likeness (QED) is 0.192. The molecule has 0 aromatic heterocycles. The van der Waals surface area contributed by atoms with Crippen molar-refractivity contribution in [2.75, 3.05) is 32.8 Å². The highest BCUT2D eigenvalue weighted by Crippen LogP contribution is 2.40. The number of benzene rings is 1. The molecule has 1 fully saturated rings. The Morgan fingerprint density at radius 3 is 2.74 bits per heavy atom. The Labute approximate surface area is 233 Å². The maximum Gasteiger partial charge on any atom is 0.236 e. The lowest BCUT2D eigenvalue weighted by atomic mass is 9.81. The minimum atomic E-state index is -0.316. The van der Waals surface area contributed by atoms with Crippen LogP contribution in [-0.2, 0) is 11.2 Å². The summed E-state index contributed by atoms with van der Waals surface area (Å²) < 4.78 is 5.75. The van der Waals surface area contributed by atoms with Crippen LogP contribution in [0.2, 0.25) is 0 Å². The van der Waals surface area contributed by atoms with Crippen LogP contribution in [0.3, 0.4) is 0 Å². The van der Waals surface area contributed by atoms with E-state index in [4.69, 9.17) is 11.2 Å². The van der Waals surface area contributed by atoms with Crippen LogP contribution in [0.5, 0.6) is 5.75 Å². The molecule has 0 bridgehead atoms. The third-order valence-corrected chi connectivity index (χ3v) is 8.60. The van der Waals surface area contributed by atoms with E-state index in [9.17, 15) is 4.79 Å². The number of ether oxygens (including phenoxy) is 1. The molecule has 1 unspecified atom stereocenters. The fourth-order valence-corrected chi connectivity index (χ4v) is 6.20. The molecule has 0 aliphatic carbocycles. The topological polar surface area (TPSA) is 32.8 Å². The third-order valence-electron chi connectivity index (χ3n) is 8.60. The van der Waals surface area contributed by atoms with Gasteiger partial charge in [-0.05, 0) is 81.9 Å². The highest BCUT2D eigenvalue weighted by Gasteiger charge is 2.38. The number of rotatable bonds is 14. The van der Waals surface area contributed by atoms with Gasteiger partial charge in [-0.15, -0.1) is 6.42 Å². The maximum absolute atomic E-state index is 13.7. The second-order valence-corrected chi connectivity index (χ2v) is 12.4. The molecule has 1 aromatic rings. The number of likely N-dealkylation sites (tertiary alicyclic amines) is 1. The van der Waals surface area contributed by atoms with Crippen LogP contribution in [0.15, 0.2) is 29.8 Å². The molecule has 1 saturated heterocycles. The molecule has 0 N–H and O–H groups in total. The van der Waals surface area contributed by atoms with Crippen molar-refractivity contribution in [1.82, 2.24) is 9.80 Å². The molecule has 0 spiro atoms. The Bertz CT molecular complexity index is 989. The second-order valence-electron chi connectivity index (χ2n) is 12.4. The van der Waals surface area contributed by atoms with Gasteiger partial charge in [-0.1, -0.05) is 63.3 Å². The molecule has 0 saturated carbocycles. The molecule has 2 aliphatic heterocycles. The predicted octanol–water partition coefficient (Wildman–Crippen LogP) is 7.23. The number of unbranched alkanes of at least 4 members (excludes halogenated alkanes) is 1. The first-order valence-electron chi connectivity index (χ1n) is 15.1. The smallest absolute Gasteiger partial charge is 0.236 e. The van der Waals surface area contributed by atoms with Gasteiger partial charge in [-0.25, -0.2) is 0 Å². The molecule has 3 rings (SSSR count). The SMILES string of the molecule is C#C[C@@](C)(C=C(C)C)C[C@H]1C[C@@H](c2ccc3c(c2)CCO3)CN1CC(=O)N(CCCC)CCCC(C)CC. The zero-order valence-electron chi connectivity index (χ0n) is 25.0. The van der Waals surface area contributed by atoms with Crippen LogP contribution in [0, 0.1) is 23.7 Å². The Morgan fingerprint density at radius 1 is 1.29 bits per heavy atom. The molecule has 0 radical (unpaired) electrons. The summed E-state index contributed by atoms with van der Waals surface area (Å²) in [5.74, 6) is 5.51. The fraction of sp³-hybridized carbons (Fsp3) is 0.676. The number of allylic oxidation sites excluding steroid dienone is 2.